The molecule has 14 heavy (non-hydrogen) atoms. The lowest BCUT2D eigenvalue weighted by atomic mass is 9.95. The van der Waals surface area contributed by atoms with E-state index in [0.717, 1.165) is 0 Å². The van der Waals surface area contributed by atoms with E-state index in [4.69, 9.17) is 5.73 Å². The Kier molecular flexibility index (Phi) is 3.20. The summed E-state index contributed by atoms with van der Waals surface area (Å²) in [6.45, 7) is 7.86. The molecule has 0 aromatic heterocycles. The predicted molar refractivity (Wildman–Crippen MR) is 57.8 cm³/mol. The molecule has 1 amide bonds. The van der Waals surface area contributed by atoms with Crippen molar-refractivity contribution in [2.24, 2.45) is 17.6 Å². The Bertz CT molecular complexity index is 219. The van der Waals surface area contributed by atoms with Crippen molar-refractivity contribution in [3.63, 3.8) is 0 Å². The first kappa shape index (κ1) is 11.5. The first-order valence-corrected chi connectivity index (χ1v) is 5.42. The van der Waals surface area contributed by atoms with E-state index in [0.29, 0.717) is 5.92 Å². The Morgan fingerprint density at radius 2 is 1.93 bits per heavy atom. The predicted octanol–water partition coefficient (Wildman–Crippen LogP) is 1.27. The summed E-state index contributed by atoms with van der Waals surface area (Å²) in [5.41, 5.74) is 5.49. The summed E-state index contributed by atoms with van der Waals surface area (Å²) in [5.74, 6) is 0.904. The van der Waals surface area contributed by atoms with Crippen molar-refractivity contribution in [2.75, 3.05) is 0 Å². The van der Waals surface area contributed by atoms with Gasteiger partial charge in [0.15, 0.2) is 0 Å². The fraction of sp³-hybridized carbons (Fsp3) is 0.909. The highest BCUT2D eigenvalue weighted by molar-refractivity contribution is 5.79. The molecule has 1 fully saturated rings. The van der Waals surface area contributed by atoms with Crippen LogP contribution in [0.4, 0.5) is 0 Å². The maximum atomic E-state index is 11.8. The largest absolute Gasteiger partial charge is 0.349 e. The van der Waals surface area contributed by atoms with Crippen LogP contribution in [-0.4, -0.2) is 17.5 Å². The van der Waals surface area contributed by atoms with Gasteiger partial charge in [0, 0.05) is 17.5 Å². The molecular formula is C11H22N2O. The fourth-order valence-corrected chi connectivity index (χ4v) is 1.36. The Hall–Kier alpha value is -0.570. The van der Waals surface area contributed by atoms with Crippen molar-refractivity contribution >= 4 is 5.91 Å². The van der Waals surface area contributed by atoms with Crippen molar-refractivity contribution < 1.29 is 4.79 Å². The van der Waals surface area contributed by atoms with Crippen LogP contribution in [0, 0.1) is 11.8 Å². The highest BCUT2D eigenvalue weighted by atomic mass is 16.2. The summed E-state index contributed by atoms with van der Waals surface area (Å²) in [6, 6.07) is -0.0298. The van der Waals surface area contributed by atoms with Gasteiger partial charge in [0.2, 0.25) is 5.91 Å². The van der Waals surface area contributed by atoms with Gasteiger partial charge in [0.1, 0.15) is 0 Å². The van der Waals surface area contributed by atoms with Crippen LogP contribution in [0.2, 0.25) is 0 Å². The number of hydrogen-bond acceptors (Lipinski definition) is 2. The zero-order chi connectivity index (χ0) is 10.9. The Morgan fingerprint density at radius 1 is 1.43 bits per heavy atom. The molecule has 1 saturated carbocycles. The van der Waals surface area contributed by atoms with Crippen LogP contribution in [-0.2, 0) is 4.79 Å². The van der Waals surface area contributed by atoms with E-state index in [-0.39, 0.29) is 23.4 Å². The zero-order valence-electron chi connectivity index (χ0n) is 9.63. The molecule has 0 aliphatic heterocycles. The fourth-order valence-electron chi connectivity index (χ4n) is 1.36. The van der Waals surface area contributed by atoms with E-state index in [1.165, 1.54) is 12.8 Å². The van der Waals surface area contributed by atoms with Gasteiger partial charge in [-0.15, -0.1) is 0 Å². The van der Waals surface area contributed by atoms with Crippen LogP contribution in [0.25, 0.3) is 0 Å². The first-order valence-electron chi connectivity index (χ1n) is 5.42. The molecule has 0 aromatic rings. The van der Waals surface area contributed by atoms with Gasteiger partial charge in [-0.05, 0) is 39.5 Å². The smallest absolute Gasteiger partial charge is 0.223 e. The minimum Gasteiger partial charge on any atom is -0.349 e. The summed E-state index contributed by atoms with van der Waals surface area (Å²) < 4.78 is 0. The van der Waals surface area contributed by atoms with E-state index in [2.05, 4.69) is 5.32 Å². The molecule has 2 unspecified atom stereocenters. The third kappa shape index (κ3) is 2.71. The van der Waals surface area contributed by atoms with E-state index in [1.54, 1.807) is 0 Å². The molecule has 0 saturated heterocycles. The Labute approximate surface area is 86.4 Å². The second kappa shape index (κ2) is 3.89. The van der Waals surface area contributed by atoms with Crippen LogP contribution in [0.3, 0.4) is 0 Å². The minimum absolute atomic E-state index is 0.0298. The average molecular weight is 198 g/mol. The van der Waals surface area contributed by atoms with Crippen molar-refractivity contribution in [3.8, 4) is 0 Å². The van der Waals surface area contributed by atoms with Crippen LogP contribution in [0.15, 0.2) is 0 Å². The lowest BCUT2D eigenvalue weighted by Crippen LogP contribution is -2.55. The summed E-state index contributed by atoms with van der Waals surface area (Å²) in [5, 5.41) is 3.01. The molecule has 1 aliphatic carbocycles. The van der Waals surface area contributed by atoms with Gasteiger partial charge >= 0.3 is 0 Å². The number of carbonyl (C=O) groups is 1. The molecule has 1 aliphatic rings. The van der Waals surface area contributed by atoms with Gasteiger partial charge in [-0.25, -0.2) is 0 Å². The highest BCUT2D eigenvalue weighted by Gasteiger charge is 2.35. The maximum absolute atomic E-state index is 11.8. The second-order valence-corrected chi connectivity index (χ2v) is 5.13. The van der Waals surface area contributed by atoms with Crippen molar-refractivity contribution in [2.45, 2.75) is 52.1 Å². The van der Waals surface area contributed by atoms with Gasteiger partial charge in [-0.2, -0.15) is 0 Å². The number of hydrogen-bond donors (Lipinski definition) is 2. The lowest BCUT2D eigenvalue weighted by Gasteiger charge is -2.31. The normalized spacial score (nSPS) is 21.5. The van der Waals surface area contributed by atoms with Crippen LogP contribution in [0.1, 0.15) is 40.5 Å². The monoisotopic (exact) mass is 198 g/mol. The Morgan fingerprint density at radius 3 is 2.29 bits per heavy atom. The van der Waals surface area contributed by atoms with E-state index < -0.39 is 0 Å². The molecule has 3 heteroatoms. The quantitative estimate of drug-likeness (QED) is 0.715. The number of nitrogens with one attached hydrogen (secondary N) is 1. The molecule has 0 bridgehead atoms. The molecule has 0 heterocycles. The average Bonchev–Trinajstić information content (AvgIpc) is 2.84. The third-order valence-corrected chi connectivity index (χ3v) is 3.33. The van der Waals surface area contributed by atoms with Gasteiger partial charge in [-0.1, -0.05) is 6.92 Å². The molecule has 0 spiro atoms. The highest BCUT2D eigenvalue weighted by Crippen LogP contribution is 2.36. The number of nitrogens with two attached hydrogens (primary N) is 1. The second-order valence-electron chi connectivity index (χ2n) is 5.13. The SMILES string of the molecule is CC(C(=O)NC(C)(C)C(C)N)C1CC1. The van der Waals surface area contributed by atoms with E-state index in [1.807, 2.05) is 27.7 Å². The number of rotatable bonds is 4. The molecular weight excluding hydrogens is 176 g/mol. The summed E-state index contributed by atoms with van der Waals surface area (Å²) in [6.07, 6.45) is 2.40. The van der Waals surface area contributed by atoms with Crippen LogP contribution in [0.5, 0.6) is 0 Å². The van der Waals surface area contributed by atoms with Crippen LogP contribution < -0.4 is 11.1 Å². The molecule has 0 radical (unpaired) electrons. The molecule has 3 N–H and O–H groups in total. The third-order valence-electron chi connectivity index (χ3n) is 3.33. The molecule has 0 aromatic carbocycles. The zero-order valence-corrected chi connectivity index (χ0v) is 9.63. The van der Waals surface area contributed by atoms with Crippen molar-refractivity contribution in [1.82, 2.24) is 5.32 Å². The Balaban J connectivity index is 2.46. The number of carbonyl (C=O) groups excluding carboxylic acids is 1. The van der Waals surface area contributed by atoms with Crippen molar-refractivity contribution in [3.05, 3.63) is 0 Å². The minimum atomic E-state index is -0.305. The van der Waals surface area contributed by atoms with E-state index in [9.17, 15) is 4.79 Å². The van der Waals surface area contributed by atoms with E-state index >= 15 is 0 Å². The first-order chi connectivity index (χ1) is 6.34. The van der Waals surface area contributed by atoms with Gasteiger partial charge < -0.3 is 11.1 Å². The van der Waals surface area contributed by atoms with Crippen LogP contribution >= 0.6 is 0 Å². The van der Waals surface area contributed by atoms with Gasteiger partial charge in [-0.3, -0.25) is 4.79 Å². The topological polar surface area (TPSA) is 55.1 Å². The van der Waals surface area contributed by atoms with Gasteiger partial charge in [0.05, 0.1) is 0 Å². The van der Waals surface area contributed by atoms with Crippen molar-refractivity contribution in [1.29, 1.82) is 0 Å². The van der Waals surface area contributed by atoms with Gasteiger partial charge in [0.25, 0.3) is 0 Å². The summed E-state index contributed by atoms with van der Waals surface area (Å²) >= 11 is 0. The molecule has 2 atom stereocenters. The molecule has 3 nitrogen and oxygen atoms in total. The summed E-state index contributed by atoms with van der Waals surface area (Å²) in [7, 11) is 0. The maximum Gasteiger partial charge on any atom is 0.223 e. The molecule has 1 rings (SSSR count). The number of amides is 1. The standard InChI is InChI=1S/C11H22N2O/c1-7(9-5-6-9)10(14)13-11(3,4)8(2)12/h7-9H,5-6,12H2,1-4H3,(H,13,14). The molecule has 82 valence electrons. The summed E-state index contributed by atoms with van der Waals surface area (Å²) in [4.78, 5) is 11.8. The lowest BCUT2D eigenvalue weighted by molar-refractivity contribution is -0.126.